The van der Waals surface area contributed by atoms with Crippen LogP contribution < -0.4 is 9.80 Å². The van der Waals surface area contributed by atoms with Crippen LogP contribution in [0.5, 0.6) is 0 Å². The van der Waals surface area contributed by atoms with Crippen LogP contribution in [0.4, 0.5) is 11.6 Å². The van der Waals surface area contributed by atoms with Gasteiger partial charge in [-0.2, -0.15) is 0 Å². The van der Waals surface area contributed by atoms with Gasteiger partial charge in [-0.3, -0.25) is 9.78 Å². The van der Waals surface area contributed by atoms with E-state index in [9.17, 15) is 4.79 Å². The SMILES string of the molecule is Cc1cnc(N2CC[C@@]3(CC(=O)N(c4cccnc4)C3)C2)nc1. The molecule has 6 heteroatoms. The van der Waals surface area contributed by atoms with Gasteiger partial charge in [0.1, 0.15) is 0 Å². The Labute approximate surface area is 135 Å². The molecule has 0 N–H and O–H groups in total. The van der Waals surface area contributed by atoms with Gasteiger partial charge in [0, 0.05) is 50.1 Å². The van der Waals surface area contributed by atoms with E-state index in [-0.39, 0.29) is 11.3 Å². The molecular weight excluding hydrogens is 290 g/mol. The minimum absolute atomic E-state index is 0.00116. The molecule has 6 nitrogen and oxygen atoms in total. The fraction of sp³-hybridized carbons (Fsp3) is 0.412. The third kappa shape index (κ3) is 2.54. The minimum atomic E-state index is 0.00116. The Morgan fingerprint density at radius 2 is 2.00 bits per heavy atom. The lowest BCUT2D eigenvalue weighted by atomic mass is 9.86. The molecule has 2 saturated heterocycles. The Morgan fingerprint density at radius 1 is 1.17 bits per heavy atom. The van der Waals surface area contributed by atoms with Gasteiger partial charge in [0.15, 0.2) is 0 Å². The number of nitrogens with zero attached hydrogens (tertiary/aromatic N) is 5. The number of aromatic nitrogens is 3. The second-order valence-corrected chi connectivity index (χ2v) is 6.60. The number of anilines is 2. The summed E-state index contributed by atoms with van der Waals surface area (Å²) in [7, 11) is 0. The molecule has 4 heterocycles. The first-order valence-electron chi connectivity index (χ1n) is 7.89. The average molecular weight is 309 g/mol. The molecular formula is C17H19N5O. The van der Waals surface area contributed by atoms with Crippen molar-refractivity contribution in [2.45, 2.75) is 19.8 Å². The van der Waals surface area contributed by atoms with Gasteiger partial charge in [0.25, 0.3) is 0 Å². The average Bonchev–Trinajstić information content (AvgIpc) is 3.12. The molecule has 0 bridgehead atoms. The monoisotopic (exact) mass is 309 g/mol. The number of hydrogen-bond donors (Lipinski definition) is 0. The molecule has 23 heavy (non-hydrogen) atoms. The third-order valence-electron chi connectivity index (χ3n) is 4.77. The Kier molecular flexibility index (Phi) is 3.25. The van der Waals surface area contributed by atoms with Crippen LogP contribution in [0.15, 0.2) is 36.9 Å². The quantitative estimate of drug-likeness (QED) is 0.846. The summed E-state index contributed by atoms with van der Waals surface area (Å²) in [4.78, 5) is 29.5. The molecule has 0 radical (unpaired) electrons. The predicted octanol–water partition coefficient (Wildman–Crippen LogP) is 1.81. The van der Waals surface area contributed by atoms with Crippen molar-refractivity contribution in [3.8, 4) is 0 Å². The van der Waals surface area contributed by atoms with Crippen LogP contribution >= 0.6 is 0 Å². The van der Waals surface area contributed by atoms with Crippen LogP contribution in [0.3, 0.4) is 0 Å². The molecule has 2 fully saturated rings. The van der Waals surface area contributed by atoms with E-state index in [1.165, 1.54) is 0 Å². The first-order valence-corrected chi connectivity index (χ1v) is 7.89. The number of carbonyl (C=O) groups excluding carboxylic acids is 1. The summed E-state index contributed by atoms with van der Waals surface area (Å²) in [6.45, 7) is 4.46. The molecule has 0 aliphatic carbocycles. The number of pyridine rings is 1. The fourth-order valence-corrected chi connectivity index (χ4v) is 3.57. The smallest absolute Gasteiger partial charge is 0.227 e. The molecule has 118 valence electrons. The van der Waals surface area contributed by atoms with E-state index in [2.05, 4.69) is 19.9 Å². The number of amides is 1. The second-order valence-electron chi connectivity index (χ2n) is 6.60. The number of hydrogen-bond acceptors (Lipinski definition) is 5. The van der Waals surface area contributed by atoms with Gasteiger partial charge in [0.05, 0.1) is 11.9 Å². The van der Waals surface area contributed by atoms with E-state index >= 15 is 0 Å². The lowest BCUT2D eigenvalue weighted by molar-refractivity contribution is -0.117. The zero-order valence-corrected chi connectivity index (χ0v) is 13.1. The van der Waals surface area contributed by atoms with E-state index in [1.807, 2.05) is 36.4 Å². The summed E-state index contributed by atoms with van der Waals surface area (Å²) in [5.41, 5.74) is 1.95. The molecule has 0 unspecified atom stereocenters. The van der Waals surface area contributed by atoms with Crippen molar-refractivity contribution < 1.29 is 4.79 Å². The molecule has 1 amide bonds. The molecule has 2 aliphatic heterocycles. The summed E-state index contributed by atoms with van der Waals surface area (Å²) in [5, 5.41) is 0. The highest BCUT2D eigenvalue weighted by Gasteiger charge is 2.48. The van der Waals surface area contributed by atoms with Crippen LogP contribution in [-0.4, -0.2) is 40.5 Å². The summed E-state index contributed by atoms with van der Waals surface area (Å²) in [5.74, 6) is 0.949. The van der Waals surface area contributed by atoms with Gasteiger partial charge in [-0.05, 0) is 31.0 Å². The maximum absolute atomic E-state index is 12.5. The topological polar surface area (TPSA) is 62.2 Å². The van der Waals surface area contributed by atoms with Gasteiger partial charge >= 0.3 is 0 Å². The van der Waals surface area contributed by atoms with E-state index < -0.39 is 0 Å². The highest BCUT2D eigenvalue weighted by atomic mass is 16.2. The standard InChI is InChI=1S/C17H19N5O/c1-13-8-19-16(20-9-13)21-6-4-17(11-21)7-15(23)22(12-17)14-3-2-5-18-10-14/h2-3,5,8-10H,4,6-7,11-12H2,1H3/t17-/m1/s1. The van der Waals surface area contributed by atoms with Crippen molar-refractivity contribution in [2.75, 3.05) is 29.4 Å². The van der Waals surface area contributed by atoms with Crippen molar-refractivity contribution in [3.63, 3.8) is 0 Å². The molecule has 2 aromatic rings. The van der Waals surface area contributed by atoms with Crippen LogP contribution in [0, 0.1) is 12.3 Å². The van der Waals surface area contributed by atoms with Crippen molar-refractivity contribution in [1.82, 2.24) is 15.0 Å². The van der Waals surface area contributed by atoms with Gasteiger partial charge in [-0.15, -0.1) is 0 Å². The molecule has 2 aromatic heterocycles. The fourth-order valence-electron chi connectivity index (χ4n) is 3.57. The zero-order chi connectivity index (χ0) is 15.9. The largest absolute Gasteiger partial charge is 0.340 e. The first-order chi connectivity index (χ1) is 11.2. The van der Waals surface area contributed by atoms with Crippen molar-refractivity contribution in [2.24, 2.45) is 5.41 Å². The van der Waals surface area contributed by atoms with E-state index in [0.717, 1.165) is 43.3 Å². The normalized spacial score (nSPS) is 24.0. The van der Waals surface area contributed by atoms with Gasteiger partial charge in [-0.1, -0.05) is 0 Å². The maximum Gasteiger partial charge on any atom is 0.227 e. The Morgan fingerprint density at radius 3 is 2.74 bits per heavy atom. The Bertz CT molecular complexity index is 718. The van der Waals surface area contributed by atoms with Crippen molar-refractivity contribution >= 4 is 17.5 Å². The van der Waals surface area contributed by atoms with E-state index in [4.69, 9.17) is 0 Å². The summed E-state index contributed by atoms with van der Waals surface area (Å²) in [6, 6.07) is 3.81. The second kappa shape index (κ2) is 5.30. The molecule has 2 aliphatic rings. The highest BCUT2D eigenvalue weighted by Crippen LogP contribution is 2.42. The summed E-state index contributed by atoms with van der Waals surface area (Å²) >= 11 is 0. The summed E-state index contributed by atoms with van der Waals surface area (Å²) < 4.78 is 0. The van der Waals surface area contributed by atoms with Crippen LogP contribution in [0.1, 0.15) is 18.4 Å². The Hall–Kier alpha value is -2.50. The number of rotatable bonds is 2. The van der Waals surface area contributed by atoms with Gasteiger partial charge in [-0.25, -0.2) is 9.97 Å². The van der Waals surface area contributed by atoms with E-state index in [0.29, 0.717) is 6.42 Å². The molecule has 1 atom stereocenters. The minimum Gasteiger partial charge on any atom is -0.340 e. The molecule has 4 rings (SSSR count). The lowest BCUT2D eigenvalue weighted by Gasteiger charge is -2.24. The van der Waals surface area contributed by atoms with Gasteiger partial charge in [0.2, 0.25) is 11.9 Å². The van der Waals surface area contributed by atoms with Crippen LogP contribution in [-0.2, 0) is 4.79 Å². The predicted molar refractivity (Wildman–Crippen MR) is 87.2 cm³/mol. The highest BCUT2D eigenvalue weighted by molar-refractivity contribution is 5.96. The molecule has 0 saturated carbocycles. The third-order valence-corrected chi connectivity index (χ3v) is 4.77. The van der Waals surface area contributed by atoms with Crippen molar-refractivity contribution in [1.29, 1.82) is 0 Å². The van der Waals surface area contributed by atoms with E-state index in [1.54, 1.807) is 12.4 Å². The van der Waals surface area contributed by atoms with Gasteiger partial charge < -0.3 is 9.80 Å². The van der Waals surface area contributed by atoms with Crippen LogP contribution in [0.25, 0.3) is 0 Å². The van der Waals surface area contributed by atoms with Crippen molar-refractivity contribution in [3.05, 3.63) is 42.5 Å². The Balaban J connectivity index is 1.52. The summed E-state index contributed by atoms with van der Waals surface area (Å²) in [6.07, 6.45) is 8.75. The van der Waals surface area contributed by atoms with Crippen LogP contribution in [0.2, 0.25) is 0 Å². The molecule has 0 aromatic carbocycles. The molecule has 1 spiro atoms. The number of carbonyl (C=O) groups is 1. The lowest BCUT2D eigenvalue weighted by Crippen LogP contribution is -2.31. The number of aryl methyl sites for hydroxylation is 1. The maximum atomic E-state index is 12.5. The first kappa shape index (κ1) is 14.1. The zero-order valence-electron chi connectivity index (χ0n) is 13.1.